The maximum absolute atomic E-state index is 12.7. The van der Waals surface area contributed by atoms with Crippen molar-refractivity contribution in [1.29, 1.82) is 0 Å². The number of carbonyl (C=O) groups is 2. The molecule has 2 rings (SSSR count). The molecule has 0 aromatic heterocycles. The van der Waals surface area contributed by atoms with Crippen LogP contribution in [-0.4, -0.2) is 48.1 Å². The predicted octanol–water partition coefficient (Wildman–Crippen LogP) is 1.48. The second-order valence-electron chi connectivity index (χ2n) is 6.57. The van der Waals surface area contributed by atoms with Crippen LogP contribution in [-0.2, 0) is 9.59 Å². The molecule has 2 fully saturated rings. The van der Waals surface area contributed by atoms with Crippen molar-refractivity contribution >= 4 is 11.9 Å². The molecule has 0 radical (unpaired) electrons. The minimum absolute atomic E-state index is 0.194. The topological polar surface area (TPSA) is 69.6 Å². The fourth-order valence-electron chi connectivity index (χ4n) is 3.48. The van der Waals surface area contributed by atoms with Gasteiger partial charge in [-0.05, 0) is 45.6 Å². The summed E-state index contributed by atoms with van der Waals surface area (Å²) in [6.07, 6.45) is 3.75. The highest BCUT2D eigenvalue weighted by Gasteiger charge is 2.44. The molecular formula is C15H26N2O3. The maximum Gasteiger partial charge on any atom is 0.309 e. The number of aliphatic carboxylic acids is 1. The summed E-state index contributed by atoms with van der Waals surface area (Å²) in [5.41, 5.74) is -0.934. The molecule has 1 amide bonds. The van der Waals surface area contributed by atoms with Crippen LogP contribution in [0.25, 0.3) is 0 Å². The summed E-state index contributed by atoms with van der Waals surface area (Å²) in [6, 6.07) is 0. The van der Waals surface area contributed by atoms with E-state index in [0.717, 1.165) is 25.9 Å². The maximum atomic E-state index is 12.7. The predicted molar refractivity (Wildman–Crippen MR) is 76.4 cm³/mol. The zero-order chi connectivity index (χ0) is 14.8. The van der Waals surface area contributed by atoms with Crippen LogP contribution < -0.4 is 5.32 Å². The number of hydrogen-bond acceptors (Lipinski definition) is 3. The summed E-state index contributed by atoms with van der Waals surface area (Å²) in [4.78, 5) is 26.0. The van der Waals surface area contributed by atoms with Gasteiger partial charge in [-0.1, -0.05) is 6.92 Å². The van der Waals surface area contributed by atoms with Crippen molar-refractivity contribution in [2.75, 3.05) is 26.2 Å². The van der Waals surface area contributed by atoms with Gasteiger partial charge in [0.1, 0.15) is 0 Å². The quantitative estimate of drug-likeness (QED) is 0.822. The third kappa shape index (κ3) is 2.68. The van der Waals surface area contributed by atoms with Crippen molar-refractivity contribution < 1.29 is 14.7 Å². The van der Waals surface area contributed by atoms with Gasteiger partial charge in [-0.3, -0.25) is 9.59 Å². The molecule has 5 heteroatoms. The second kappa shape index (κ2) is 5.72. The van der Waals surface area contributed by atoms with Crippen LogP contribution in [0.5, 0.6) is 0 Å². The van der Waals surface area contributed by atoms with Crippen LogP contribution >= 0.6 is 0 Å². The Morgan fingerprint density at radius 3 is 2.35 bits per heavy atom. The number of likely N-dealkylation sites (tertiary alicyclic amines) is 1. The largest absolute Gasteiger partial charge is 0.481 e. The smallest absolute Gasteiger partial charge is 0.309 e. The Bertz CT molecular complexity index is 381. The van der Waals surface area contributed by atoms with Crippen LogP contribution in [0.4, 0.5) is 0 Å². The number of piperidine rings is 2. The molecule has 0 aliphatic carbocycles. The lowest BCUT2D eigenvalue weighted by atomic mass is 9.75. The van der Waals surface area contributed by atoms with Crippen molar-refractivity contribution in [3.05, 3.63) is 0 Å². The molecule has 1 atom stereocenters. The highest BCUT2D eigenvalue weighted by Crippen LogP contribution is 2.37. The van der Waals surface area contributed by atoms with E-state index in [0.29, 0.717) is 32.4 Å². The highest BCUT2D eigenvalue weighted by molar-refractivity contribution is 5.83. The number of nitrogens with zero attached hydrogens (tertiary/aromatic N) is 1. The van der Waals surface area contributed by atoms with Crippen LogP contribution in [0.1, 0.15) is 46.0 Å². The molecule has 2 heterocycles. The van der Waals surface area contributed by atoms with Crippen molar-refractivity contribution in [2.24, 2.45) is 10.8 Å². The lowest BCUT2D eigenvalue weighted by Gasteiger charge is -2.43. The Morgan fingerprint density at radius 2 is 1.90 bits per heavy atom. The zero-order valence-corrected chi connectivity index (χ0v) is 12.6. The Balaban J connectivity index is 1.99. The molecule has 0 saturated carbocycles. The molecule has 114 valence electrons. The summed E-state index contributed by atoms with van der Waals surface area (Å²) in [6.45, 7) is 6.84. The number of carbonyl (C=O) groups excluding carboxylic acids is 1. The van der Waals surface area contributed by atoms with Crippen molar-refractivity contribution in [1.82, 2.24) is 10.2 Å². The monoisotopic (exact) mass is 282 g/mol. The van der Waals surface area contributed by atoms with Crippen molar-refractivity contribution in [2.45, 2.75) is 46.0 Å². The molecule has 0 aromatic carbocycles. The van der Waals surface area contributed by atoms with E-state index in [9.17, 15) is 14.7 Å². The number of amides is 1. The lowest BCUT2D eigenvalue weighted by molar-refractivity contribution is -0.157. The molecule has 2 saturated heterocycles. The number of nitrogens with one attached hydrogen (secondary N) is 1. The van der Waals surface area contributed by atoms with E-state index in [1.165, 1.54) is 0 Å². The molecule has 2 N–H and O–H groups in total. The fourth-order valence-corrected chi connectivity index (χ4v) is 3.48. The molecule has 2 aliphatic heterocycles. The summed E-state index contributed by atoms with van der Waals surface area (Å²) in [5, 5.41) is 12.7. The van der Waals surface area contributed by atoms with Gasteiger partial charge in [-0.15, -0.1) is 0 Å². The normalized spacial score (nSPS) is 30.0. The van der Waals surface area contributed by atoms with Crippen LogP contribution in [0.2, 0.25) is 0 Å². The Kier molecular flexibility index (Phi) is 4.37. The van der Waals surface area contributed by atoms with Crippen LogP contribution in [0.15, 0.2) is 0 Å². The van der Waals surface area contributed by atoms with Gasteiger partial charge in [-0.2, -0.15) is 0 Å². The first-order valence-corrected chi connectivity index (χ1v) is 7.67. The minimum atomic E-state index is -0.711. The van der Waals surface area contributed by atoms with Crippen molar-refractivity contribution in [3.63, 3.8) is 0 Å². The first-order chi connectivity index (χ1) is 9.43. The average molecular weight is 282 g/mol. The van der Waals surface area contributed by atoms with Gasteiger partial charge in [-0.25, -0.2) is 0 Å². The van der Waals surface area contributed by atoms with E-state index in [2.05, 4.69) is 5.32 Å². The van der Waals surface area contributed by atoms with E-state index >= 15 is 0 Å². The van der Waals surface area contributed by atoms with E-state index in [4.69, 9.17) is 0 Å². The van der Waals surface area contributed by atoms with Gasteiger partial charge in [0, 0.05) is 19.6 Å². The van der Waals surface area contributed by atoms with Gasteiger partial charge < -0.3 is 15.3 Å². The first kappa shape index (κ1) is 15.3. The molecule has 0 aromatic rings. The third-order valence-electron chi connectivity index (χ3n) is 5.25. The number of carboxylic acid groups (broad SMARTS) is 1. The van der Waals surface area contributed by atoms with Gasteiger partial charge in [0.2, 0.25) is 5.91 Å². The highest BCUT2D eigenvalue weighted by atomic mass is 16.4. The number of carboxylic acids is 1. The summed E-state index contributed by atoms with van der Waals surface area (Å²) >= 11 is 0. The molecule has 2 aliphatic rings. The number of rotatable bonds is 3. The SMILES string of the molecule is CCC1(C(=O)O)CCN(C(=O)C2(C)CCCNC2)CC1. The Morgan fingerprint density at radius 1 is 1.25 bits per heavy atom. The molecule has 1 unspecified atom stereocenters. The molecule has 5 nitrogen and oxygen atoms in total. The van der Waals surface area contributed by atoms with Gasteiger partial charge in [0.25, 0.3) is 0 Å². The zero-order valence-electron chi connectivity index (χ0n) is 12.6. The van der Waals surface area contributed by atoms with Gasteiger partial charge >= 0.3 is 5.97 Å². The summed E-state index contributed by atoms with van der Waals surface area (Å²) in [7, 11) is 0. The lowest BCUT2D eigenvalue weighted by Crippen LogP contribution is -2.54. The fraction of sp³-hybridized carbons (Fsp3) is 0.867. The molecule has 20 heavy (non-hydrogen) atoms. The van der Waals surface area contributed by atoms with Crippen LogP contribution in [0.3, 0.4) is 0 Å². The standard InChI is InChI=1S/C15H26N2O3/c1-3-15(13(19)20)6-9-17(10-7-15)12(18)14(2)5-4-8-16-11-14/h16H,3-11H2,1-2H3,(H,19,20). The average Bonchev–Trinajstić information content (AvgIpc) is 2.47. The minimum Gasteiger partial charge on any atom is -0.481 e. The second-order valence-corrected chi connectivity index (χ2v) is 6.57. The van der Waals surface area contributed by atoms with Gasteiger partial charge in [0.05, 0.1) is 10.8 Å². The summed E-state index contributed by atoms with van der Waals surface area (Å²) in [5.74, 6) is -0.516. The Hall–Kier alpha value is -1.10. The summed E-state index contributed by atoms with van der Waals surface area (Å²) < 4.78 is 0. The third-order valence-corrected chi connectivity index (χ3v) is 5.25. The van der Waals surface area contributed by atoms with Crippen LogP contribution in [0, 0.1) is 10.8 Å². The van der Waals surface area contributed by atoms with E-state index in [1.807, 2.05) is 18.7 Å². The van der Waals surface area contributed by atoms with E-state index in [-0.39, 0.29) is 11.3 Å². The number of hydrogen-bond donors (Lipinski definition) is 2. The van der Waals surface area contributed by atoms with E-state index < -0.39 is 11.4 Å². The first-order valence-electron chi connectivity index (χ1n) is 7.67. The molecule has 0 spiro atoms. The van der Waals surface area contributed by atoms with Gasteiger partial charge in [0.15, 0.2) is 0 Å². The molecule has 0 bridgehead atoms. The van der Waals surface area contributed by atoms with E-state index in [1.54, 1.807) is 0 Å². The Labute approximate surface area is 120 Å². The molecular weight excluding hydrogens is 256 g/mol. The van der Waals surface area contributed by atoms with Crippen molar-refractivity contribution in [3.8, 4) is 0 Å².